The quantitative estimate of drug-likeness (QED) is 0.698. The highest BCUT2D eigenvalue weighted by molar-refractivity contribution is 5.15. The summed E-state index contributed by atoms with van der Waals surface area (Å²) in [5, 5.41) is 9.10. The molecule has 0 aliphatic rings. The SMILES string of the molecule is CCCCCCCCn1ccc(C(O)C(F)(F)F)c1. The third-order valence-electron chi connectivity index (χ3n) is 3.17. The Labute approximate surface area is 112 Å². The van der Waals surface area contributed by atoms with Crippen molar-refractivity contribution in [1.82, 2.24) is 4.57 Å². The summed E-state index contributed by atoms with van der Waals surface area (Å²) >= 11 is 0. The van der Waals surface area contributed by atoms with Crippen molar-refractivity contribution in [3.05, 3.63) is 24.0 Å². The lowest BCUT2D eigenvalue weighted by atomic mass is 10.1. The Balaban J connectivity index is 2.31. The van der Waals surface area contributed by atoms with Gasteiger partial charge in [-0.3, -0.25) is 0 Å². The lowest BCUT2D eigenvalue weighted by Crippen LogP contribution is -2.19. The summed E-state index contributed by atoms with van der Waals surface area (Å²) in [6.45, 7) is 2.87. The molecule has 0 fully saturated rings. The van der Waals surface area contributed by atoms with Gasteiger partial charge >= 0.3 is 6.18 Å². The van der Waals surface area contributed by atoms with Gasteiger partial charge in [0.05, 0.1) is 0 Å². The molecule has 1 rings (SSSR count). The average Bonchev–Trinajstić information content (AvgIpc) is 2.80. The zero-order valence-corrected chi connectivity index (χ0v) is 11.3. The van der Waals surface area contributed by atoms with Gasteiger partial charge in [-0.25, -0.2) is 0 Å². The normalized spacial score (nSPS) is 13.7. The molecule has 1 N–H and O–H groups in total. The predicted molar refractivity (Wildman–Crippen MR) is 68.8 cm³/mol. The van der Waals surface area contributed by atoms with Gasteiger partial charge in [0.1, 0.15) is 0 Å². The first-order chi connectivity index (χ1) is 8.95. The van der Waals surface area contributed by atoms with Crippen molar-refractivity contribution in [3.8, 4) is 0 Å². The molecular weight excluding hydrogens is 255 g/mol. The Bertz CT molecular complexity index is 360. The van der Waals surface area contributed by atoms with Gasteiger partial charge in [0, 0.05) is 24.5 Å². The van der Waals surface area contributed by atoms with Crippen LogP contribution in [0.15, 0.2) is 18.5 Å². The van der Waals surface area contributed by atoms with Crippen LogP contribution in [0.4, 0.5) is 13.2 Å². The van der Waals surface area contributed by atoms with E-state index in [9.17, 15) is 13.2 Å². The van der Waals surface area contributed by atoms with E-state index in [1.54, 1.807) is 10.8 Å². The minimum atomic E-state index is -4.59. The van der Waals surface area contributed by atoms with Crippen molar-refractivity contribution in [2.45, 2.75) is 64.3 Å². The van der Waals surface area contributed by atoms with Crippen molar-refractivity contribution in [2.75, 3.05) is 0 Å². The zero-order chi connectivity index (χ0) is 14.3. The molecule has 0 aliphatic carbocycles. The van der Waals surface area contributed by atoms with Gasteiger partial charge in [0.25, 0.3) is 0 Å². The maximum atomic E-state index is 12.3. The van der Waals surface area contributed by atoms with E-state index in [-0.39, 0.29) is 5.56 Å². The molecule has 5 heteroatoms. The maximum absolute atomic E-state index is 12.3. The Kier molecular flexibility index (Phi) is 6.42. The fraction of sp³-hybridized carbons (Fsp3) is 0.714. The molecule has 0 aliphatic heterocycles. The summed E-state index contributed by atoms with van der Waals surface area (Å²) in [6, 6.07) is 1.33. The zero-order valence-electron chi connectivity index (χ0n) is 11.3. The van der Waals surface area contributed by atoms with Crippen LogP contribution in [-0.2, 0) is 6.54 Å². The number of alkyl halides is 3. The molecule has 110 valence electrons. The first-order valence-corrected chi connectivity index (χ1v) is 6.85. The van der Waals surface area contributed by atoms with Crippen LogP contribution in [0.1, 0.15) is 57.1 Å². The monoisotopic (exact) mass is 277 g/mol. The van der Waals surface area contributed by atoms with Gasteiger partial charge in [-0.1, -0.05) is 39.0 Å². The lowest BCUT2D eigenvalue weighted by Gasteiger charge is -2.12. The number of unbranched alkanes of at least 4 members (excludes halogenated alkanes) is 5. The number of aliphatic hydroxyl groups excluding tert-OH is 1. The molecule has 0 amide bonds. The van der Waals surface area contributed by atoms with Gasteiger partial charge in [0.15, 0.2) is 6.10 Å². The van der Waals surface area contributed by atoms with E-state index in [4.69, 9.17) is 5.11 Å². The van der Waals surface area contributed by atoms with Crippen LogP contribution in [0.5, 0.6) is 0 Å². The van der Waals surface area contributed by atoms with Gasteiger partial charge < -0.3 is 9.67 Å². The molecule has 1 heterocycles. The Morgan fingerprint density at radius 1 is 1.16 bits per heavy atom. The molecule has 0 saturated heterocycles. The third kappa shape index (κ3) is 5.68. The topological polar surface area (TPSA) is 25.2 Å². The van der Waals surface area contributed by atoms with E-state index < -0.39 is 12.3 Å². The number of nitrogens with zero attached hydrogens (tertiary/aromatic N) is 1. The Morgan fingerprint density at radius 2 is 1.79 bits per heavy atom. The number of aryl methyl sites for hydroxylation is 1. The number of aliphatic hydroxyl groups is 1. The summed E-state index contributed by atoms with van der Waals surface area (Å²) in [5.74, 6) is 0. The van der Waals surface area contributed by atoms with Crippen LogP contribution in [0.3, 0.4) is 0 Å². The van der Waals surface area contributed by atoms with Crippen LogP contribution in [0.2, 0.25) is 0 Å². The lowest BCUT2D eigenvalue weighted by molar-refractivity contribution is -0.206. The number of hydrogen-bond donors (Lipinski definition) is 1. The second-order valence-electron chi connectivity index (χ2n) is 4.89. The summed E-state index contributed by atoms with van der Waals surface area (Å²) < 4.78 is 38.6. The fourth-order valence-corrected chi connectivity index (χ4v) is 2.02. The molecular formula is C14H22F3NO. The van der Waals surface area contributed by atoms with Gasteiger partial charge in [-0.2, -0.15) is 13.2 Å². The molecule has 1 unspecified atom stereocenters. The minimum absolute atomic E-state index is 0.0847. The first kappa shape index (κ1) is 16.1. The fourth-order valence-electron chi connectivity index (χ4n) is 2.02. The first-order valence-electron chi connectivity index (χ1n) is 6.85. The highest BCUT2D eigenvalue weighted by Gasteiger charge is 2.39. The molecule has 0 saturated carbocycles. The molecule has 1 aromatic heterocycles. The van der Waals surface area contributed by atoms with Crippen molar-refractivity contribution in [2.24, 2.45) is 0 Å². The van der Waals surface area contributed by atoms with E-state index in [0.29, 0.717) is 6.54 Å². The van der Waals surface area contributed by atoms with Crippen molar-refractivity contribution >= 4 is 0 Å². The summed E-state index contributed by atoms with van der Waals surface area (Å²) in [7, 11) is 0. The van der Waals surface area contributed by atoms with E-state index >= 15 is 0 Å². The molecule has 1 atom stereocenters. The summed E-state index contributed by atoms with van der Waals surface area (Å²) in [6.07, 6.45) is 2.90. The number of rotatable bonds is 8. The standard InChI is InChI=1S/C14H22F3NO/c1-2-3-4-5-6-7-9-18-10-8-12(11-18)13(19)14(15,16)17/h8,10-11,13,19H,2-7,9H2,1H3. The molecule has 19 heavy (non-hydrogen) atoms. The Hall–Kier alpha value is -0.970. The van der Waals surface area contributed by atoms with Crippen molar-refractivity contribution in [3.63, 3.8) is 0 Å². The smallest absolute Gasteiger partial charge is 0.379 e. The second-order valence-corrected chi connectivity index (χ2v) is 4.89. The maximum Gasteiger partial charge on any atom is 0.418 e. The molecule has 0 bridgehead atoms. The van der Waals surface area contributed by atoms with Crippen LogP contribution < -0.4 is 0 Å². The van der Waals surface area contributed by atoms with Gasteiger partial charge in [-0.15, -0.1) is 0 Å². The molecule has 1 aromatic rings. The summed E-state index contributed by atoms with van der Waals surface area (Å²) in [5.41, 5.74) is -0.0847. The van der Waals surface area contributed by atoms with Crippen molar-refractivity contribution in [1.29, 1.82) is 0 Å². The van der Waals surface area contributed by atoms with Crippen LogP contribution in [0.25, 0.3) is 0 Å². The molecule has 0 radical (unpaired) electrons. The second kappa shape index (κ2) is 7.58. The summed E-state index contributed by atoms with van der Waals surface area (Å²) in [4.78, 5) is 0. The van der Waals surface area contributed by atoms with Crippen molar-refractivity contribution < 1.29 is 18.3 Å². The molecule has 0 aromatic carbocycles. The van der Waals surface area contributed by atoms with Crippen LogP contribution in [0, 0.1) is 0 Å². The number of halogens is 3. The third-order valence-corrected chi connectivity index (χ3v) is 3.17. The van der Waals surface area contributed by atoms with Crippen LogP contribution in [-0.4, -0.2) is 15.8 Å². The van der Waals surface area contributed by atoms with E-state index in [2.05, 4.69) is 6.92 Å². The van der Waals surface area contributed by atoms with Gasteiger partial charge in [0.2, 0.25) is 0 Å². The number of hydrogen-bond acceptors (Lipinski definition) is 1. The van der Waals surface area contributed by atoms with Gasteiger partial charge in [-0.05, 0) is 12.5 Å². The molecule has 2 nitrogen and oxygen atoms in total. The van der Waals surface area contributed by atoms with E-state index in [1.165, 1.54) is 37.9 Å². The van der Waals surface area contributed by atoms with Crippen LogP contribution >= 0.6 is 0 Å². The Morgan fingerprint density at radius 3 is 2.42 bits per heavy atom. The van der Waals surface area contributed by atoms with E-state index in [0.717, 1.165) is 12.8 Å². The largest absolute Gasteiger partial charge is 0.418 e. The highest BCUT2D eigenvalue weighted by atomic mass is 19.4. The van der Waals surface area contributed by atoms with E-state index in [1.807, 2.05) is 0 Å². The highest BCUT2D eigenvalue weighted by Crippen LogP contribution is 2.32. The minimum Gasteiger partial charge on any atom is -0.379 e. The molecule has 0 spiro atoms. The average molecular weight is 277 g/mol. The predicted octanol–water partition coefficient (Wildman–Crippen LogP) is 4.44. The number of aromatic nitrogens is 1.